The van der Waals surface area contributed by atoms with E-state index in [2.05, 4.69) is 10.2 Å². The molecule has 0 aromatic heterocycles. The SMILES string of the molecule is COc1ccc(CNC(=O)CN2CCCCC2C2OCCO2)cc1OC. The molecule has 1 N–H and O–H groups in total. The lowest BCUT2D eigenvalue weighted by Gasteiger charge is -2.37. The molecule has 1 unspecified atom stereocenters. The van der Waals surface area contributed by atoms with E-state index in [4.69, 9.17) is 18.9 Å². The standard InChI is InChI=1S/C19H28N2O5/c1-23-16-7-6-14(11-17(16)24-2)12-20-18(22)13-21-8-4-3-5-15(21)19-25-9-10-26-19/h6-7,11,15,19H,3-5,8-10,12-13H2,1-2H3,(H,20,22). The molecule has 0 spiro atoms. The molecule has 7 nitrogen and oxygen atoms in total. The van der Waals surface area contributed by atoms with Gasteiger partial charge in [-0.2, -0.15) is 0 Å². The molecule has 1 atom stereocenters. The molecule has 26 heavy (non-hydrogen) atoms. The molecule has 0 radical (unpaired) electrons. The highest BCUT2D eigenvalue weighted by atomic mass is 16.7. The number of carbonyl (C=O) groups is 1. The van der Waals surface area contributed by atoms with Crippen LogP contribution in [0.25, 0.3) is 0 Å². The highest BCUT2D eigenvalue weighted by Gasteiger charge is 2.34. The van der Waals surface area contributed by atoms with Gasteiger partial charge in [-0.3, -0.25) is 9.69 Å². The fourth-order valence-electron chi connectivity index (χ4n) is 3.55. The van der Waals surface area contributed by atoms with Crippen molar-refractivity contribution in [2.24, 2.45) is 0 Å². The van der Waals surface area contributed by atoms with Crippen LogP contribution in [-0.2, 0) is 20.8 Å². The van der Waals surface area contributed by atoms with E-state index in [0.717, 1.165) is 31.4 Å². The van der Waals surface area contributed by atoms with E-state index < -0.39 is 0 Å². The highest BCUT2D eigenvalue weighted by Crippen LogP contribution is 2.27. The fraction of sp³-hybridized carbons (Fsp3) is 0.632. The number of rotatable bonds is 7. The molecule has 0 bridgehead atoms. The summed E-state index contributed by atoms with van der Waals surface area (Å²) in [5, 5.41) is 2.99. The Morgan fingerprint density at radius 2 is 1.96 bits per heavy atom. The first-order valence-electron chi connectivity index (χ1n) is 9.16. The Bertz CT molecular complexity index is 604. The molecule has 1 amide bonds. The molecule has 2 heterocycles. The van der Waals surface area contributed by atoms with Gasteiger partial charge in [0, 0.05) is 6.54 Å². The average Bonchev–Trinajstić information content (AvgIpc) is 3.21. The molecule has 2 aliphatic rings. The van der Waals surface area contributed by atoms with Gasteiger partial charge in [0.05, 0.1) is 40.0 Å². The van der Waals surface area contributed by atoms with E-state index >= 15 is 0 Å². The minimum Gasteiger partial charge on any atom is -0.493 e. The van der Waals surface area contributed by atoms with E-state index in [0.29, 0.717) is 37.8 Å². The van der Waals surface area contributed by atoms with Gasteiger partial charge in [-0.25, -0.2) is 0 Å². The number of hydrogen-bond acceptors (Lipinski definition) is 6. The normalized spacial score (nSPS) is 21.5. The van der Waals surface area contributed by atoms with Gasteiger partial charge in [0.2, 0.25) is 5.91 Å². The number of methoxy groups -OCH3 is 2. The molecular weight excluding hydrogens is 336 g/mol. The lowest BCUT2D eigenvalue weighted by Crippen LogP contribution is -2.50. The van der Waals surface area contributed by atoms with Gasteiger partial charge in [-0.1, -0.05) is 12.5 Å². The third kappa shape index (κ3) is 4.66. The summed E-state index contributed by atoms with van der Waals surface area (Å²) in [4.78, 5) is 14.6. The predicted octanol–water partition coefficient (Wildman–Crippen LogP) is 1.55. The largest absolute Gasteiger partial charge is 0.493 e. The number of nitrogens with zero attached hydrogens (tertiary/aromatic N) is 1. The number of nitrogens with one attached hydrogen (secondary N) is 1. The van der Waals surface area contributed by atoms with Crippen molar-refractivity contribution in [3.63, 3.8) is 0 Å². The van der Waals surface area contributed by atoms with Crippen molar-refractivity contribution in [1.82, 2.24) is 10.2 Å². The zero-order valence-electron chi connectivity index (χ0n) is 15.5. The Labute approximate surface area is 154 Å². The van der Waals surface area contributed by atoms with Gasteiger partial charge in [0.15, 0.2) is 17.8 Å². The van der Waals surface area contributed by atoms with Crippen molar-refractivity contribution in [1.29, 1.82) is 0 Å². The van der Waals surface area contributed by atoms with Crippen molar-refractivity contribution in [2.45, 2.75) is 38.1 Å². The molecule has 3 rings (SSSR count). The summed E-state index contributed by atoms with van der Waals surface area (Å²) in [5.41, 5.74) is 0.966. The van der Waals surface area contributed by atoms with Gasteiger partial charge in [0.25, 0.3) is 0 Å². The number of carbonyl (C=O) groups excluding carboxylic acids is 1. The van der Waals surface area contributed by atoms with Crippen LogP contribution in [-0.4, -0.2) is 63.7 Å². The number of likely N-dealkylation sites (tertiary alicyclic amines) is 1. The first-order chi connectivity index (χ1) is 12.7. The lowest BCUT2D eigenvalue weighted by molar-refractivity contribution is -0.131. The third-order valence-corrected chi connectivity index (χ3v) is 4.91. The van der Waals surface area contributed by atoms with Crippen LogP contribution < -0.4 is 14.8 Å². The second-order valence-electron chi connectivity index (χ2n) is 6.61. The molecule has 2 saturated heterocycles. The van der Waals surface area contributed by atoms with E-state index in [1.807, 2.05) is 18.2 Å². The fourth-order valence-corrected chi connectivity index (χ4v) is 3.55. The monoisotopic (exact) mass is 364 g/mol. The highest BCUT2D eigenvalue weighted by molar-refractivity contribution is 5.78. The first kappa shape index (κ1) is 18.9. The summed E-state index contributed by atoms with van der Waals surface area (Å²) in [6.07, 6.45) is 3.06. The minimum atomic E-state index is -0.200. The molecule has 1 aromatic rings. The molecule has 7 heteroatoms. The van der Waals surface area contributed by atoms with E-state index in [1.165, 1.54) is 0 Å². The first-order valence-corrected chi connectivity index (χ1v) is 9.16. The zero-order valence-corrected chi connectivity index (χ0v) is 15.5. The van der Waals surface area contributed by atoms with Crippen LogP contribution in [0.5, 0.6) is 11.5 Å². The second-order valence-corrected chi connectivity index (χ2v) is 6.61. The summed E-state index contributed by atoms with van der Waals surface area (Å²) in [6, 6.07) is 5.81. The topological polar surface area (TPSA) is 69.3 Å². The molecule has 144 valence electrons. The van der Waals surface area contributed by atoms with Crippen LogP contribution >= 0.6 is 0 Å². The molecule has 2 fully saturated rings. The Balaban J connectivity index is 1.53. The summed E-state index contributed by atoms with van der Waals surface area (Å²) in [6.45, 7) is 2.99. The smallest absolute Gasteiger partial charge is 0.234 e. The summed E-state index contributed by atoms with van der Waals surface area (Å²) in [7, 11) is 3.20. The quantitative estimate of drug-likeness (QED) is 0.792. The molecule has 0 saturated carbocycles. The van der Waals surface area contributed by atoms with Crippen molar-refractivity contribution in [3.8, 4) is 11.5 Å². The van der Waals surface area contributed by atoms with Crippen molar-refractivity contribution < 1.29 is 23.7 Å². The number of hydrogen-bond donors (Lipinski definition) is 1. The maximum absolute atomic E-state index is 12.4. The van der Waals surface area contributed by atoms with Gasteiger partial charge >= 0.3 is 0 Å². The number of amides is 1. The van der Waals surface area contributed by atoms with E-state index in [9.17, 15) is 4.79 Å². The van der Waals surface area contributed by atoms with Gasteiger partial charge < -0.3 is 24.3 Å². The van der Waals surface area contributed by atoms with Crippen molar-refractivity contribution >= 4 is 5.91 Å². The maximum Gasteiger partial charge on any atom is 0.234 e. The summed E-state index contributed by atoms with van der Waals surface area (Å²) >= 11 is 0. The number of piperidine rings is 1. The second kappa shape index (κ2) is 9.21. The van der Waals surface area contributed by atoms with Gasteiger partial charge in [-0.15, -0.1) is 0 Å². The van der Waals surface area contributed by atoms with Crippen molar-refractivity contribution in [3.05, 3.63) is 23.8 Å². The Morgan fingerprint density at radius 1 is 1.19 bits per heavy atom. The van der Waals surface area contributed by atoms with E-state index in [1.54, 1.807) is 14.2 Å². The average molecular weight is 364 g/mol. The number of benzene rings is 1. The number of ether oxygens (including phenoxy) is 4. The Hall–Kier alpha value is -1.83. The zero-order chi connectivity index (χ0) is 18.4. The van der Waals surface area contributed by atoms with Gasteiger partial charge in [-0.05, 0) is 37.1 Å². The third-order valence-electron chi connectivity index (χ3n) is 4.91. The van der Waals surface area contributed by atoms with Crippen LogP contribution in [0.4, 0.5) is 0 Å². The minimum absolute atomic E-state index is 0.00434. The van der Waals surface area contributed by atoms with Crippen LogP contribution in [0.2, 0.25) is 0 Å². The molecule has 0 aliphatic carbocycles. The predicted molar refractivity (Wildman–Crippen MR) is 96.3 cm³/mol. The maximum atomic E-state index is 12.4. The van der Waals surface area contributed by atoms with Crippen LogP contribution in [0.3, 0.4) is 0 Å². The summed E-state index contributed by atoms with van der Waals surface area (Å²) < 4.78 is 21.9. The van der Waals surface area contributed by atoms with Crippen molar-refractivity contribution in [2.75, 3.05) is 40.5 Å². The van der Waals surface area contributed by atoms with Crippen LogP contribution in [0.15, 0.2) is 18.2 Å². The molecule has 2 aliphatic heterocycles. The molecular formula is C19H28N2O5. The Kier molecular flexibility index (Phi) is 6.71. The van der Waals surface area contributed by atoms with Crippen LogP contribution in [0, 0.1) is 0 Å². The Morgan fingerprint density at radius 3 is 2.69 bits per heavy atom. The summed E-state index contributed by atoms with van der Waals surface area (Å²) in [5.74, 6) is 1.34. The van der Waals surface area contributed by atoms with Crippen LogP contribution in [0.1, 0.15) is 24.8 Å². The van der Waals surface area contributed by atoms with E-state index in [-0.39, 0.29) is 18.2 Å². The molecule has 1 aromatic carbocycles. The van der Waals surface area contributed by atoms with Gasteiger partial charge in [0.1, 0.15) is 0 Å². The lowest BCUT2D eigenvalue weighted by atomic mass is 10.0.